The smallest absolute Gasteiger partial charge is 0.119 e. The number of benzene rings is 2. The van der Waals surface area contributed by atoms with Crippen molar-refractivity contribution >= 4 is 0 Å². The van der Waals surface area contributed by atoms with E-state index in [1.165, 1.54) is 17.5 Å². The molecule has 3 rings (SSSR count). The minimum Gasteiger partial charge on any atom is -0.492 e. The van der Waals surface area contributed by atoms with E-state index in [4.69, 9.17) is 4.74 Å². The summed E-state index contributed by atoms with van der Waals surface area (Å²) in [6.07, 6.45) is 1.27. The zero-order chi connectivity index (χ0) is 14.7. The van der Waals surface area contributed by atoms with Gasteiger partial charge in [-0.25, -0.2) is 0 Å². The van der Waals surface area contributed by atoms with Crippen LogP contribution in [-0.4, -0.2) is 32.1 Å². The van der Waals surface area contributed by atoms with Crippen LogP contribution in [0.2, 0.25) is 0 Å². The molecule has 0 amide bonds. The lowest BCUT2D eigenvalue weighted by Gasteiger charge is -2.11. The van der Waals surface area contributed by atoms with Gasteiger partial charge in [-0.05, 0) is 55.6 Å². The van der Waals surface area contributed by atoms with E-state index in [9.17, 15) is 0 Å². The summed E-state index contributed by atoms with van der Waals surface area (Å²) in [4.78, 5) is 2.13. The van der Waals surface area contributed by atoms with Crippen LogP contribution >= 0.6 is 0 Å². The molecule has 0 spiro atoms. The highest BCUT2D eigenvalue weighted by molar-refractivity contribution is 5.38. The summed E-state index contributed by atoms with van der Waals surface area (Å²) in [5.74, 6) is 2.35. The Bertz CT molecular complexity index is 562. The third kappa shape index (κ3) is 3.64. The highest BCUT2D eigenvalue weighted by Crippen LogP contribution is 2.54. The van der Waals surface area contributed by atoms with Crippen molar-refractivity contribution < 1.29 is 4.74 Å². The first kappa shape index (κ1) is 14.2. The number of likely N-dealkylation sites (N-methyl/N-ethyl adjacent to an activating group) is 1. The minimum atomic E-state index is 0.684. The zero-order valence-electron chi connectivity index (χ0n) is 12.8. The molecule has 0 aromatic heterocycles. The molecule has 0 saturated heterocycles. The maximum atomic E-state index is 5.74. The van der Waals surface area contributed by atoms with Crippen LogP contribution in [0.4, 0.5) is 0 Å². The summed E-state index contributed by atoms with van der Waals surface area (Å²) in [5.41, 5.74) is 2.90. The van der Waals surface area contributed by atoms with Gasteiger partial charge in [-0.2, -0.15) is 0 Å². The average Bonchev–Trinajstić information content (AvgIpc) is 3.29. The molecule has 0 aliphatic heterocycles. The lowest BCUT2D eigenvalue weighted by Crippen LogP contribution is -2.19. The Morgan fingerprint density at radius 1 is 0.905 bits per heavy atom. The van der Waals surface area contributed by atoms with Crippen LogP contribution in [0.3, 0.4) is 0 Å². The van der Waals surface area contributed by atoms with Gasteiger partial charge in [0.15, 0.2) is 0 Å². The van der Waals surface area contributed by atoms with Gasteiger partial charge in [-0.1, -0.05) is 42.5 Å². The second-order valence-corrected chi connectivity index (χ2v) is 6.08. The van der Waals surface area contributed by atoms with Crippen molar-refractivity contribution in [1.29, 1.82) is 0 Å². The Morgan fingerprint density at radius 3 is 2.14 bits per heavy atom. The fraction of sp³-hybridized carbons (Fsp3) is 0.368. The van der Waals surface area contributed by atoms with Crippen molar-refractivity contribution in [3.05, 3.63) is 65.7 Å². The quantitative estimate of drug-likeness (QED) is 0.796. The summed E-state index contributed by atoms with van der Waals surface area (Å²) in [5, 5.41) is 0. The van der Waals surface area contributed by atoms with E-state index in [1.807, 2.05) is 0 Å². The highest BCUT2D eigenvalue weighted by Gasteiger charge is 2.39. The topological polar surface area (TPSA) is 12.5 Å². The summed E-state index contributed by atoms with van der Waals surface area (Å²) >= 11 is 0. The fourth-order valence-electron chi connectivity index (χ4n) is 2.79. The molecule has 2 unspecified atom stereocenters. The van der Waals surface area contributed by atoms with Crippen molar-refractivity contribution in [3.63, 3.8) is 0 Å². The largest absolute Gasteiger partial charge is 0.492 e. The second-order valence-electron chi connectivity index (χ2n) is 6.08. The Morgan fingerprint density at radius 2 is 1.52 bits per heavy atom. The van der Waals surface area contributed by atoms with Gasteiger partial charge >= 0.3 is 0 Å². The number of rotatable bonds is 6. The first-order valence-electron chi connectivity index (χ1n) is 7.66. The van der Waals surface area contributed by atoms with E-state index in [1.54, 1.807) is 0 Å². The van der Waals surface area contributed by atoms with Gasteiger partial charge < -0.3 is 9.64 Å². The van der Waals surface area contributed by atoms with Gasteiger partial charge in [0, 0.05) is 6.54 Å². The lowest BCUT2D eigenvalue weighted by atomic mass is 10.0. The van der Waals surface area contributed by atoms with Crippen molar-refractivity contribution in [2.45, 2.75) is 18.3 Å². The molecular weight excluding hydrogens is 258 g/mol. The lowest BCUT2D eigenvalue weighted by molar-refractivity contribution is 0.261. The van der Waals surface area contributed by atoms with Crippen LogP contribution in [0.25, 0.3) is 0 Å². The zero-order valence-corrected chi connectivity index (χ0v) is 12.8. The molecule has 1 fully saturated rings. The van der Waals surface area contributed by atoms with E-state index in [-0.39, 0.29) is 0 Å². The average molecular weight is 281 g/mol. The Labute approximate surface area is 127 Å². The molecule has 1 aliphatic rings. The van der Waals surface area contributed by atoms with E-state index >= 15 is 0 Å². The van der Waals surface area contributed by atoms with Gasteiger partial charge in [0.2, 0.25) is 0 Å². The van der Waals surface area contributed by atoms with Crippen LogP contribution in [0.1, 0.15) is 29.4 Å². The van der Waals surface area contributed by atoms with Crippen molar-refractivity contribution in [2.24, 2.45) is 0 Å². The molecular formula is C19H23NO. The molecule has 2 nitrogen and oxygen atoms in total. The summed E-state index contributed by atoms with van der Waals surface area (Å²) in [6, 6.07) is 19.5. The van der Waals surface area contributed by atoms with Crippen LogP contribution in [0, 0.1) is 0 Å². The molecule has 2 heteroatoms. The molecule has 110 valence electrons. The molecule has 1 saturated carbocycles. The Hall–Kier alpha value is -1.80. The highest BCUT2D eigenvalue weighted by atomic mass is 16.5. The van der Waals surface area contributed by atoms with Crippen LogP contribution < -0.4 is 4.74 Å². The molecule has 0 heterocycles. The van der Waals surface area contributed by atoms with Crippen LogP contribution in [-0.2, 0) is 0 Å². The molecule has 1 aliphatic carbocycles. The SMILES string of the molecule is CN(C)CCOc1ccc(C2CC2c2ccccc2)cc1. The first-order valence-corrected chi connectivity index (χ1v) is 7.66. The standard InChI is InChI=1S/C19H23NO/c1-20(2)12-13-21-17-10-8-16(9-11-17)19-14-18(19)15-6-4-3-5-7-15/h3-11,18-19H,12-14H2,1-2H3. The molecule has 2 aromatic rings. The Kier molecular flexibility index (Phi) is 4.26. The van der Waals surface area contributed by atoms with Crippen molar-refractivity contribution in [2.75, 3.05) is 27.2 Å². The maximum Gasteiger partial charge on any atom is 0.119 e. The summed E-state index contributed by atoms with van der Waals surface area (Å²) < 4.78 is 5.74. The molecule has 2 atom stereocenters. The van der Waals surface area contributed by atoms with Gasteiger partial charge in [0.1, 0.15) is 12.4 Å². The number of hydrogen-bond acceptors (Lipinski definition) is 2. The molecule has 21 heavy (non-hydrogen) atoms. The van der Waals surface area contributed by atoms with Crippen LogP contribution in [0.5, 0.6) is 5.75 Å². The normalized spacial score (nSPS) is 20.5. The van der Waals surface area contributed by atoms with Gasteiger partial charge in [-0.3, -0.25) is 0 Å². The van der Waals surface area contributed by atoms with Crippen molar-refractivity contribution in [3.8, 4) is 5.75 Å². The third-order valence-corrected chi connectivity index (χ3v) is 4.13. The molecule has 0 bridgehead atoms. The molecule has 0 N–H and O–H groups in total. The van der Waals surface area contributed by atoms with E-state index < -0.39 is 0 Å². The summed E-state index contributed by atoms with van der Waals surface area (Å²) in [7, 11) is 4.12. The summed E-state index contributed by atoms with van der Waals surface area (Å²) in [6.45, 7) is 1.68. The number of ether oxygens (including phenoxy) is 1. The Balaban J connectivity index is 1.56. The van der Waals surface area contributed by atoms with E-state index in [0.29, 0.717) is 11.8 Å². The molecule has 0 radical (unpaired) electrons. The monoisotopic (exact) mass is 281 g/mol. The van der Waals surface area contributed by atoms with Gasteiger partial charge in [-0.15, -0.1) is 0 Å². The first-order chi connectivity index (χ1) is 10.2. The predicted molar refractivity (Wildman–Crippen MR) is 87.0 cm³/mol. The number of hydrogen-bond donors (Lipinski definition) is 0. The predicted octanol–water partition coefficient (Wildman–Crippen LogP) is 3.90. The molecule has 2 aromatic carbocycles. The van der Waals surface area contributed by atoms with Gasteiger partial charge in [0.05, 0.1) is 0 Å². The maximum absolute atomic E-state index is 5.74. The van der Waals surface area contributed by atoms with E-state index in [2.05, 4.69) is 73.6 Å². The fourth-order valence-corrected chi connectivity index (χ4v) is 2.79. The minimum absolute atomic E-state index is 0.684. The third-order valence-electron chi connectivity index (χ3n) is 4.13. The second kappa shape index (κ2) is 6.31. The van der Waals surface area contributed by atoms with E-state index in [0.717, 1.165) is 18.9 Å². The van der Waals surface area contributed by atoms with Crippen molar-refractivity contribution in [1.82, 2.24) is 4.90 Å². The van der Waals surface area contributed by atoms with Crippen LogP contribution in [0.15, 0.2) is 54.6 Å². The van der Waals surface area contributed by atoms with Gasteiger partial charge in [0.25, 0.3) is 0 Å². The number of nitrogens with zero attached hydrogens (tertiary/aromatic N) is 1.